The molecule has 2 aromatic carbocycles. The van der Waals surface area contributed by atoms with Crippen LogP contribution in [0.4, 0.5) is 0 Å². The molecule has 32 heavy (non-hydrogen) atoms. The standard InChI is InChI=1S/C28H37BO3/c1-25(2)19-22(30-26(25,3)4)23(20-15-11-9-12-16-20)24(21-17-13-10-14-18-21)29-31-27(5,6)28(7,8)32-29/h9-18,22H,19H2,1-8H3. The fraction of sp³-hybridized carbons (Fsp3) is 0.500. The van der Waals surface area contributed by atoms with Crippen molar-refractivity contribution in [3.63, 3.8) is 0 Å². The van der Waals surface area contributed by atoms with E-state index in [4.69, 9.17) is 14.0 Å². The van der Waals surface area contributed by atoms with Crippen LogP contribution in [-0.4, -0.2) is 30.0 Å². The Hall–Kier alpha value is -1.88. The van der Waals surface area contributed by atoms with Gasteiger partial charge in [0.2, 0.25) is 0 Å². The summed E-state index contributed by atoms with van der Waals surface area (Å²) in [5.41, 5.74) is 3.44. The summed E-state index contributed by atoms with van der Waals surface area (Å²) in [6.45, 7) is 17.4. The van der Waals surface area contributed by atoms with Gasteiger partial charge in [-0.1, -0.05) is 74.5 Å². The maximum atomic E-state index is 6.78. The summed E-state index contributed by atoms with van der Waals surface area (Å²) in [4.78, 5) is 0. The molecule has 3 nitrogen and oxygen atoms in total. The lowest BCUT2D eigenvalue weighted by atomic mass is 9.67. The fourth-order valence-electron chi connectivity index (χ4n) is 4.56. The molecule has 1 unspecified atom stereocenters. The largest absolute Gasteiger partial charge is 0.495 e. The minimum Gasteiger partial charge on any atom is -0.399 e. The van der Waals surface area contributed by atoms with E-state index >= 15 is 0 Å². The number of hydrogen-bond donors (Lipinski definition) is 0. The van der Waals surface area contributed by atoms with Crippen molar-refractivity contribution in [2.24, 2.45) is 5.41 Å². The monoisotopic (exact) mass is 432 g/mol. The van der Waals surface area contributed by atoms with Crippen LogP contribution in [0.1, 0.15) is 72.9 Å². The zero-order valence-electron chi connectivity index (χ0n) is 20.9. The van der Waals surface area contributed by atoms with E-state index in [0.29, 0.717) is 0 Å². The summed E-state index contributed by atoms with van der Waals surface area (Å²) in [6.07, 6.45) is 0.872. The predicted octanol–water partition coefficient (Wildman–Crippen LogP) is 6.82. The van der Waals surface area contributed by atoms with Crippen LogP contribution in [0.3, 0.4) is 0 Å². The second-order valence-corrected chi connectivity index (χ2v) is 11.4. The summed E-state index contributed by atoms with van der Waals surface area (Å²) >= 11 is 0. The van der Waals surface area contributed by atoms with Gasteiger partial charge in [-0.05, 0) is 75.6 Å². The van der Waals surface area contributed by atoms with Gasteiger partial charge in [-0.25, -0.2) is 0 Å². The Labute approximate surface area is 194 Å². The normalized spacial score (nSPS) is 26.1. The maximum absolute atomic E-state index is 6.78. The fourth-order valence-corrected chi connectivity index (χ4v) is 4.56. The smallest absolute Gasteiger partial charge is 0.399 e. The highest BCUT2D eigenvalue weighted by Gasteiger charge is 2.55. The van der Waals surface area contributed by atoms with Crippen molar-refractivity contribution in [1.29, 1.82) is 0 Å². The SMILES string of the molecule is CC1(C)CC(C(=C(B2OC(C)(C)C(C)(C)O2)c2ccccc2)c2ccccc2)OC1(C)C. The molecule has 170 valence electrons. The van der Waals surface area contributed by atoms with E-state index in [1.54, 1.807) is 0 Å². The van der Waals surface area contributed by atoms with E-state index in [2.05, 4.69) is 110 Å². The molecule has 1 atom stereocenters. The van der Waals surface area contributed by atoms with Crippen LogP contribution in [0, 0.1) is 5.41 Å². The first-order valence-electron chi connectivity index (χ1n) is 11.7. The lowest BCUT2D eigenvalue weighted by molar-refractivity contribution is -0.0351. The Morgan fingerprint density at radius 1 is 0.688 bits per heavy atom. The predicted molar refractivity (Wildman–Crippen MR) is 133 cm³/mol. The molecule has 2 heterocycles. The highest BCUT2D eigenvalue weighted by molar-refractivity contribution is 6.71. The second-order valence-electron chi connectivity index (χ2n) is 11.4. The van der Waals surface area contributed by atoms with Gasteiger partial charge in [0, 0.05) is 0 Å². The molecule has 2 saturated heterocycles. The molecule has 0 bridgehead atoms. The number of hydrogen-bond acceptors (Lipinski definition) is 3. The van der Waals surface area contributed by atoms with Crippen molar-refractivity contribution < 1.29 is 14.0 Å². The van der Waals surface area contributed by atoms with Crippen LogP contribution in [0.5, 0.6) is 0 Å². The zero-order valence-corrected chi connectivity index (χ0v) is 20.9. The van der Waals surface area contributed by atoms with Crippen LogP contribution in [0.2, 0.25) is 0 Å². The molecule has 0 N–H and O–H groups in total. The van der Waals surface area contributed by atoms with Crippen LogP contribution < -0.4 is 0 Å². The molecule has 2 fully saturated rings. The highest BCUT2D eigenvalue weighted by Crippen LogP contribution is 2.51. The average molecular weight is 432 g/mol. The first-order valence-corrected chi connectivity index (χ1v) is 11.7. The van der Waals surface area contributed by atoms with Gasteiger partial charge in [0.15, 0.2) is 0 Å². The number of benzene rings is 2. The molecule has 0 amide bonds. The molecule has 0 spiro atoms. The van der Waals surface area contributed by atoms with Crippen molar-refractivity contribution >= 4 is 18.2 Å². The molecule has 2 aliphatic rings. The van der Waals surface area contributed by atoms with Gasteiger partial charge in [-0.2, -0.15) is 0 Å². The first-order chi connectivity index (χ1) is 14.8. The van der Waals surface area contributed by atoms with Crippen molar-refractivity contribution in [3.8, 4) is 0 Å². The van der Waals surface area contributed by atoms with Crippen molar-refractivity contribution in [3.05, 3.63) is 71.8 Å². The average Bonchev–Trinajstić information content (AvgIpc) is 3.06. The van der Waals surface area contributed by atoms with Gasteiger partial charge >= 0.3 is 7.12 Å². The summed E-state index contributed by atoms with van der Waals surface area (Å²) in [5, 5.41) is 0. The Morgan fingerprint density at radius 3 is 1.59 bits per heavy atom. The first kappa shape index (κ1) is 23.3. The minimum atomic E-state index is -0.479. The minimum absolute atomic E-state index is 0.0371. The molecule has 4 rings (SSSR count). The van der Waals surface area contributed by atoms with Crippen molar-refractivity contribution in [2.45, 2.75) is 84.7 Å². The lowest BCUT2D eigenvalue weighted by Gasteiger charge is -2.32. The summed E-state index contributed by atoms with van der Waals surface area (Å²) in [5.74, 6) is 0. The Balaban J connectivity index is 1.96. The number of rotatable bonds is 4. The van der Waals surface area contributed by atoms with Crippen molar-refractivity contribution in [1.82, 2.24) is 0 Å². The van der Waals surface area contributed by atoms with E-state index in [1.807, 2.05) is 6.07 Å². The lowest BCUT2D eigenvalue weighted by Crippen LogP contribution is -2.41. The van der Waals surface area contributed by atoms with Gasteiger partial charge in [-0.3, -0.25) is 0 Å². The van der Waals surface area contributed by atoms with Crippen LogP contribution in [0.15, 0.2) is 60.7 Å². The molecule has 0 aromatic heterocycles. The van der Waals surface area contributed by atoms with Gasteiger partial charge in [0.25, 0.3) is 0 Å². The van der Waals surface area contributed by atoms with Crippen LogP contribution >= 0.6 is 0 Å². The molecule has 0 saturated carbocycles. The van der Waals surface area contributed by atoms with E-state index in [9.17, 15) is 0 Å². The van der Waals surface area contributed by atoms with Gasteiger partial charge in [-0.15, -0.1) is 0 Å². The summed E-state index contributed by atoms with van der Waals surface area (Å²) in [7, 11) is -0.479. The van der Waals surface area contributed by atoms with E-state index in [1.165, 1.54) is 0 Å². The molecular weight excluding hydrogens is 395 g/mol. The van der Waals surface area contributed by atoms with Gasteiger partial charge in [0.05, 0.1) is 22.9 Å². The molecular formula is C28H37BO3. The second kappa shape index (κ2) is 7.86. The molecule has 4 heteroatoms. The maximum Gasteiger partial charge on any atom is 0.495 e. The van der Waals surface area contributed by atoms with Crippen LogP contribution in [0.25, 0.3) is 11.0 Å². The van der Waals surface area contributed by atoms with Gasteiger partial charge < -0.3 is 14.0 Å². The van der Waals surface area contributed by atoms with E-state index in [0.717, 1.165) is 28.6 Å². The quantitative estimate of drug-likeness (QED) is 0.392. The third kappa shape index (κ3) is 3.98. The molecule has 2 aliphatic heterocycles. The zero-order chi connectivity index (χ0) is 23.4. The molecule has 2 aromatic rings. The summed E-state index contributed by atoms with van der Waals surface area (Å²) in [6, 6.07) is 21.1. The Morgan fingerprint density at radius 2 is 1.16 bits per heavy atom. The highest BCUT2D eigenvalue weighted by atomic mass is 16.7. The Bertz CT molecular complexity index is 876. The molecule has 0 radical (unpaired) electrons. The topological polar surface area (TPSA) is 27.7 Å². The third-order valence-electron chi connectivity index (χ3n) is 8.03. The van der Waals surface area contributed by atoms with Crippen LogP contribution in [-0.2, 0) is 14.0 Å². The Kier molecular flexibility index (Phi) is 5.72. The molecule has 0 aliphatic carbocycles. The van der Waals surface area contributed by atoms with Crippen molar-refractivity contribution in [2.75, 3.05) is 0 Å². The summed E-state index contributed by atoms with van der Waals surface area (Å²) < 4.78 is 20.0. The van der Waals surface area contributed by atoms with E-state index in [-0.39, 0.29) is 17.1 Å². The third-order valence-corrected chi connectivity index (χ3v) is 8.03. The van der Waals surface area contributed by atoms with Gasteiger partial charge in [0.1, 0.15) is 0 Å². The van der Waals surface area contributed by atoms with E-state index < -0.39 is 18.3 Å². The number of ether oxygens (including phenoxy) is 1.